The van der Waals surface area contributed by atoms with Crippen molar-refractivity contribution in [2.45, 2.75) is 71.1 Å². The lowest BCUT2D eigenvalue weighted by molar-refractivity contribution is -0.271. The molecule has 1 aliphatic rings. The van der Waals surface area contributed by atoms with Gasteiger partial charge in [0, 0.05) is 6.07 Å². The van der Waals surface area contributed by atoms with Gasteiger partial charge < -0.3 is 43.0 Å². The zero-order chi connectivity index (χ0) is 36.4. The van der Waals surface area contributed by atoms with Crippen molar-refractivity contribution in [2.75, 3.05) is 27.9 Å². The number of aromatic hydroxyl groups is 1. The molecule has 1 saturated heterocycles. The maximum absolute atomic E-state index is 13.8. The van der Waals surface area contributed by atoms with Gasteiger partial charge in [0.2, 0.25) is 5.75 Å². The average molecular weight is 701 g/mol. The maximum Gasteiger partial charge on any atom is 0.311 e. The van der Waals surface area contributed by atoms with E-state index < -0.39 is 41.9 Å². The smallest absolute Gasteiger partial charge is 0.311 e. The Labute approximate surface area is 300 Å². The Hall–Kier alpha value is -4.61. The lowest BCUT2D eigenvalue weighted by atomic mass is 9.88. The SMILES string of the molecule is COc1cc(O)c([C@@H]2O[C@H](COCc3ccccc3)[C@@H](OCc3ccccc3)[C@H](OCc3ccccc3)[C@H]2OC(=O)C(C)(C)C)c(OC)c1OC. The van der Waals surface area contributed by atoms with Gasteiger partial charge in [-0.15, -0.1) is 0 Å². The van der Waals surface area contributed by atoms with Gasteiger partial charge in [0.1, 0.15) is 30.2 Å². The van der Waals surface area contributed by atoms with Crippen molar-refractivity contribution in [3.8, 4) is 23.0 Å². The van der Waals surface area contributed by atoms with E-state index in [0.717, 1.165) is 16.7 Å². The number of hydrogen-bond donors (Lipinski definition) is 1. The van der Waals surface area contributed by atoms with E-state index in [1.807, 2.05) is 91.0 Å². The second kappa shape index (κ2) is 17.5. The Morgan fingerprint density at radius 1 is 0.686 bits per heavy atom. The Kier molecular flexibility index (Phi) is 13.0. The molecule has 4 aromatic carbocycles. The summed E-state index contributed by atoms with van der Waals surface area (Å²) < 4.78 is 50.0. The molecule has 0 aromatic heterocycles. The Balaban J connectivity index is 1.63. The van der Waals surface area contributed by atoms with Gasteiger partial charge in [0.25, 0.3) is 0 Å². The van der Waals surface area contributed by atoms with E-state index in [1.54, 1.807) is 20.8 Å². The third-order valence-electron chi connectivity index (χ3n) is 8.58. The molecule has 272 valence electrons. The van der Waals surface area contributed by atoms with Crippen molar-refractivity contribution >= 4 is 5.97 Å². The molecular weight excluding hydrogens is 652 g/mol. The normalized spacial score (nSPS) is 20.4. The first-order valence-electron chi connectivity index (χ1n) is 17.0. The minimum Gasteiger partial charge on any atom is -0.507 e. The van der Waals surface area contributed by atoms with Crippen molar-refractivity contribution in [1.29, 1.82) is 0 Å². The first kappa shape index (κ1) is 37.6. The Bertz CT molecular complexity index is 1670. The number of phenols is 1. The number of hydrogen-bond acceptors (Lipinski definition) is 10. The van der Waals surface area contributed by atoms with Gasteiger partial charge in [-0.1, -0.05) is 91.0 Å². The molecule has 0 saturated carbocycles. The summed E-state index contributed by atoms with van der Waals surface area (Å²) in [4.78, 5) is 13.8. The molecule has 5 atom stereocenters. The molecule has 0 radical (unpaired) electrons. The number of ether oxygens (including phenoxy) is 8. The summed E-state index contributed by atoms with van der Waals surface area (Å²) in [6.45, 7) is 6.13. The van der Waals surface area contributed by atoms with E-state index in [4.69, 9.17) is 37.9 Å². The van der Waals surface area contributed by atoms with Gasteiger partial charge in [0.15, 0.2) is 17.6 Å². The topological polar surface area (TPSA) is 111 Å². The number of methoxy groups -OCH3 is 3. The largest absolute Gasteiger partial charge is 0.507 e. The predicted octanol–water partition coefficient (Wildman–Crippen LogP) is 7.20. The molecule has 5 rings (SSSR count). The monoisotopic (exact) mass is 700 g/mol. The number of carbonyl (C=O) groups excluding carboxylic acids is 1. The second-order valence-corrected chi connectivity index (χ2v) is 13.3. The van der Waals surface area contributed by atoms with Crippen LogP contribution in [0.15, 0.2) is 97.1 Å². The predicted molar refractivity (Wildman–Crippen MR) is 191 cm³/mol. The average Bonchev–Trinajstić information content (AvgIpc) is 3.14. The molecule has 4 aromatic rings. The van der Waals surface area contributed by atoms with Crippen LogP contribution in [0, 0.1) is 5.41 Å². The molecule has 51 heavy (non-hydrogen) atoms. The summed E-state index contributed by atoms with van der Waals surface area (Å²) in [5, 5.41) is 11.6. The molecule has 1 heterocycles. The molecule has 10 nitrogen and oxygen atoms in total. The highest BCUT2D eigenvalue weighted by molar-refractivity contribution is 5.75. The van der Waals surface area contributed by atoms with E-state index in [1.165, 1.54) is 27.4 Å². The molecule has 10 heteroatoms. The zero-order valence-corrected chi connectivity index (χ0v) is 30.1. The van der Waals surface area contributed by atoms with Crippen LogP contribution in [0.25, 0.3) is 0 Å². The first-order valence-corrected chi connectivity index (χ1v) is 17.0. The van der Waals surface area contributed by atoms with Crippen LogP contribution in [-0.4, -0.2) is 63.4 Å². The van der Waals surface area contributed by atoms with Crippen molar-refractivity contribution < 1.29 is 47.8 Å². The Morgan fingerprint density at radius 2 is 1.20 bits per heavy atom. The molecule has 1 aliphatic heterocycles. The third kappa shape index (κ3) is 9.39. The van der Waals surface area contributed by atoms with Crippen molar-refractivity contribution in [3.63, 3.8) is 0 Å². The lowest BCUT2D eigenvalue weighted by Gasteiger charge is -2.46. The fourth-order valence-electron chi connectivity index (χ4n) is 5.94. The fraction of sp³-hybridized carbons (Fsp3) is 0.390. The van der Waals surface area contributed by atoms with E-state index in [0.29, 0.717) is 6.61 Å². The van der Waals surface area contributed by atoms with Crippen molar-refractivity contribution in [1.82, 2.24) is 0 Å². The van der Waals surface area contributed by atoms with Crippen LogP contribution in [-0.2, 0) is 48.3 Å². The minimum atomic E-state index is -1.12. The highest BCUT2D eigenvalue weighted by Gasteiger charge is 2.52. The number of benzene rings is 4. The lowest BCUT2D eigenvalue weighted by Crippen LogP contribution is -2.59. The van der Waals surface area contributed by atoms with Crippen LogP contribution in [0.1, 0.15) is 49.1 Å². The molecule has 0 amide bonds. The van der Waals surface area contributed by atoms with Crippen molar-refractivity contribution in [2.24, 2.45) is 5.41 Å². The molecule has 1 fully saturated rings. The number of esters is 1. The first-order chi connectivity index (χ1) is 24.6. The third-order valence-corrected chi connectivity index (χ3v) is 8.58. The molecule has 0 spiro atoms. The standard InChI is InChI=1S/C41H48O10/c1-41(2,3)40(43)51-39-37(33-30(42)22-31(44-4)34(45-5)36(33)46-6)50-32(26-47-23-27-16-10-7-11-17-27)35(48-24-28-18-12-8-13-19-28)38(39)49-25-29-20-14-9-15-21-29/h7-22,32,35,37-39,42H,23-26H2,1-6H3/t32-,35-,37+,38+,39+/m1/s1. The maximum atomic E-state index is 13.8. The van der Waals surface area contributed by atoms with Gasteiger partial charge in [0.05, 0.1) is 58.7 Å². The van der Waals surface area contributed by atoms with Crippen LogP contribution in [0.2, 0.25) is 0 Å². The van der Waals surface area contributed by atoms with Crippen LogP contribution in [0.4, 0.5) is 0 Å². The summed E-state index contributed by atoms with van der Waals surface area (Å²) >= 11 is 0. The summed E-state index contributed by atoms with van der Waals surface area (Å²) in [6, 6.07) is 30.7. The van der Waals surface area contributed by atoms with Gasteiger partial charge in [-0.2, -0.15) is 0 Å². The number of rotatable bonds is 15. The Morgan fingerprint density at radius 3 is 1.69 bits per heavy atom. The number of carbonyl (C=O) groups is 1. The van der Waals surface area contributed by atoms with E-state index in [9.17, 15) is 9.90 Å². The molecular formula is C41H48O10. The van der Waals surface area contributed by atoms with Crippen molar-refractivity contribution in [3.05, 3.63) is 119 Å². The molecule has 1 N–H and O–H groups in total. The minimum absolute atomic E-state index is 0.0896. The summed E-state index contributed by atoms with van der Waals surface area (Å²) in [5.41, 5.74) is 2.15. The second-order valence-electron chi connectivity index (χ2n) is 13.3. The van der Waals surface area contributed by atoms with Gasteiger partial charge in [-0.3, -0.25) is 4.79 Å². The molecule has 0 aliphatic carbocycles. The van der Waals surface area contributed by atoms with Crippen LogP contribution >= 0.6 is 0 Å². The van der Waals surface area contributed by atoms with Crippen LogP contribution < -0.4 is 14.2 Å². The van der Waals surface area contributed by atoms with Gasteiger partial charge >= 0.3 is 5.97 Å². The summed E-state index contributed by atoms with van der Waals surface area (Å²) in [7, 11) is 4.39. The van der Waals surface area contributed by atoms with Gasteiger partial charge in [-0.25, -0.2) is 0 Å². The quantitative estimate of drug-likeness (QED) is 0.128. The highest BCUT2D eigenvalue weighted by Crippen LogP contribution is 2.51. The molecule has 0 unspecified atom stereocenters. The summed E-state index contributed by atoms with van der Waals surface area (Å²) in [5.74, 6) is -0.0584. The van der Waals surface area contributed by atoms with Crippen LogP contribution in [0.5, 0.6) is 23.0 Å². The fourth-order valence-corrected chi connectivity index (χ4v) is 5.94. The van der Waals surface area contributed by atoms with E-state index >= 15 is 0 Å². The van der Waals surface area contributed by atoms with Gasteiger partial charge in [-0.05, 0) is 37.5 Å². The van der Waals surface area contributed by atoms with E-state index in [2.05, 4.69) is 0 Å². The highest BCUT2D eigenvalue weighted by atomic mass is 16.6. The molecule has 0 bridgehead atoms. The number of phenolic OH excluding ortho intramolecular Hbond substituents is 1. The zero-order valence-electron chi connectivity index (χ0n) is 30.1. The summed E-state index contributed by atoms with van der Waals surface area (Å²) in [6.07, 6.45) is -4.68. The van der Waals surface area contributed by atoms with Crippen LogP contribution in [0.3, 0.4) is 0 Å². The van der Waals surface area contributed by atoms with E-state index in [-0.39, 0.29) is 48.4 Å².